The smallest absolute Gasteiger partial charge is 0.256 e. The molecule has 1 aliphatic heterocycles. The monoisotopic (exact) mass is 420 g/mol. The lowest BCUT2D eigenvalue weighted by Crippen LogP contribution is -2.58. The molecule has 122 valence electrons. The summed E-state index contributed by atoms with van der Waals surface area (Å²) in [6.07, 6.45) is 0. The molecule has 1 heterocycles. The fourth-order valence-corrected chi connectivity index (χ4v) is 3.45. The number of methoxy groups -OCH3 is 1. The predicted octanol–water partition coefficient (Wildman–Crippen LogP) is 2.61. The van der Waals surface area contributed by atoms with Crippen LogP contribution in [0.15, 0.2) is 18.2 Å². The van der Waals surface area contributed by atoms with Crippen LogP contribution in [0.5, 0.6) is 0 Å². The molecule has 4 nitrogen and oxygen atoms in total. The van der Waals surface area contributed by atoms with Crippen LogP contribution in [-0.4, -0.2) is 61.1 Å². The summed E-state index contributed by atoms with van der Waals surface area (Å²) < 4.78 is 19.9. The van der Waals surface area contributed by atoms with Crippen molar-refractivity contribution in [3.8, 4) is 0 Å². The van der Waals surface area contributed by atoms with Gasteiger partial charge >= 0.3 is 0 Å². The highest BCUT2D eigenvalue weighted by Crippen LogP contribution is 2.20. The molecule has 2 rings (SSSR count). The molecule has 0 aromatic heterocycles. The Hall–Kier alpha value is -0.730. The third-order valence-corrected chi connectivity index (χ3v) is 4.77. The molecule has 0 N–H and O–H groups in total. The summed E-state index contributed by atoms with van der Waals surface area (Å²) in [5, 5.41) is 0. The van der Waals surface area contributed by atoms with E-state index in [4.69, 9.17) is 4.74 Å². The number of hydrogen-bond acceptors (Lipinski definition) is 3. The maximum absolute atomic E-state index is 14.0. The van der Waals surface area contributed by atoms with Crippen LogP contribution in [0.1, 0.15) is 24.2 Å². The van der Waals surface area contributed by atoms with Gasteiger partial charge in [-0.1, -0.05) is 0 Å². The zero-order valence-electron chi connectivity index (χ0n) is 13.2. The van der Waals surface area contributed by atoms with Crippen LogP contribution in [-0.2, 0) is 4.74 Å². The van der Waals surface area contributed by atoms with Gasteiger partial charge in [-0.05, 0) is 54.6 Å². The van der Waals surface area contributed by atoms with Crippen LogP contribution < -0.4 is 0 Å². The van der Waals surface area contributed by atoms with Crippen LogP contribution in [0.2, 0.25) is 0 Å². The minimum absolute atomic E-state index is 0.158. The second-order valence-electron chi connectivity index (χ2n) is 5.76. The first-order valence-electron chi connectivity index (χ1n) is 7.43. The largest absolute Gasteiger partial charge is 0.383 e. The summed E-state index contributed by atoms with van der Waals surface area (Å²) in [6.45, 7) is 6.93. The molecule has 1 aromatic carbocycles. The molecule has 22 heavy (non-hydrogen) atoms. The van der Waals surface area contributed by atoms with Gasteiger partial charge in [0, 0.05) is 42.4 Å². The summed E-state index contributed by atoms with van der Waals surface area (Å²) in [6, 6.07) is 5.20. The number of piperazine rings is 1. The first kappa shape index (κ1) is 17.6. The summed E-state index contributed by atoms with van der Waals surface area (Å²) in [7, 11) is 1.69. The standard InChI is InChI=1S/C16H22FIN2O2/c1-11-9-19(10-12(2)20(11)6-7-22-3)16(21)14-5-4-13(18)8-15(14)17/h4-5,8,11-12H,6-7,9-10H2,1-3H3. The van der Waals surface area contributed by atoms with Crippen molar-refractivity contribution in [2.45, 2.75) is 25.9 Å². The summed E-state index contributed by atoms with van der Waals surface area (Å²) in [5.41, 5.74) is 0.158. The Kier molecular flexibility index (Phi) is 6.17. The zero-order chi connectivity index (χ0) is 16.3. The predicted molar refractivity (Wildman–Crippen MR) is 92.5 cm³/mol. The van der Waals surface area contributed by atoms with E-state index >= 15 is 0 Å². The van der Waals surface area contributed by atoms with Crippen LogP contribution in [0.25, 0.3) is 0 Å². The second-order valence-corrected chi connectivity index (χ2v) is 7.01. The molecule has 0 spiro atoms. The topological polar surface area (TPSA) is 32.8 Å². The van der Waals surface area contributed by atoms with Crippen LogP contribution in [0.4, 0.5) is 4.39 Å². The van der Waals surface area contributed by atoms with Crippen LogP contribution in [0.3, 0.4) is 0 Å². The lowest BCUT2D eigenvalue weighted by atomic mass is 10.1. The molecule has 0 aliphatic carbocycles. The van der Waals surface area contributed by atoms with Gasteiger partial charge in [-0.15, -0.1) is 0 Å². The molecule has 1 saturated heterocycles. The van der Waals surface area contributed by atoms with E-state index in [0.717, 1.165) is 10.1 Å². The molecule has 2 atom stereocenters. The Morgan fingerprint density at radius 2 is 2.00 bits per heavy atom. The molecule has 0 saturated carbocycles. The van der Waals surface area contributed by atoms with E-state index in [9.17, 15) is 9.18 Å². The maximum atomic E-state index is 14.0. The molecule has 0 bridgehead atoms. The average Bonchev–Trinajstić information content (AvgIpc) is 2.45. The van der Waals surface area contributed by atoms with E-state index in [1.807, 2.05) is 22.6 Å². The highest BCUT2D eigenvalue weighted by Gasteiger charge is 2.32. The Morgan fingerprint density at radius 1 is 1.36 bits per heavy atom. The molecular weight excluding hydrogens is 398 g/mol. The van der Waals surface area contributed by atoms with Gasteiger partial charge < -0.3 is 9.64 Å². The molecule has 6 heteroatoms. The van der Waals surface area contributed by atoms with Gasteiger partial charge in [-0.25, -0.2) is 4.39 Å². The van der Waals surface area contributed by atoms with Crippen LogP contribution in [0, 0.1) is 9.39 Å². The van der Waals surface area contributed by atoms with Gasteiger partial charge in [0.05, 0.1) is 12.2 Å². The molecule has 1 amide bonds. The number of hydrogen-bond donors (Lipinski definition) is 0. The van der Waals surface area contributed by atoms with Gasteiger partial charge in [-0.3, -0.25) is 9.69 Å². The number of carbonyl (C=O) groups is 1. The SMILES string of the molecule is COCCN1C(C)CN(C(=O)c2ccc(I)cc2F)CC1C. The Bertz CT molecular complexity index is 529. The van der Waals surface area contributed by atoms with Crippen molar-refractivity contribution in [1.82, 2.24) is 9.80 Å². The van der Waals surface area contributed by atoms with Crippen LogP contribution >= 0.6 is 22.6 Å². The zero-order valence-corrected chi connectivity index (χ0v) is 15.3. The van der Waals surface area contributed by atoms with Crippen molar-refractivity contribution in [2.24, 2.45) is 0 Å². The lowest BCUT2D eigenvalue weighted by molar-refractivity contribution is 0.0191. The number of rotatable bonds is 4. The van der Waals surface area contributed by atoms with Gasteiger partial charge in [0.25, 0.3) is 5.91 Å². The summed E-state index contributed by atoms with van der Waals surface area (Å²) in [4.78, 5) is 16.7. The number of carbonyl (C=O) groups excluding carboxylic acids is 1. The highest BCUT2D eigenvalue weighted by molar-refractivity contribution is 14.1. The minimum Gasteiger partial charge on any atom is -0.383 e. The van der Waals surface area contributed by atoms with E-state index < -0.39 is 5.82 Å². The lowest BCUT2D eigenvalue weighted by Gasteiger charge is -2.44. The molecule has 1 aromatic rings. The van der Waals surface area contributed by atoms with E-state index in [1.165, 1.54) is 6.07 Å². The third-order valence-electron chi connectivity index (χ3n) is 4.10. The molecular formula is C16H22FIN2O2. The van der Waals surface area contributed by atoms with Crippen molar-refractivity contribution in [3.63, 3.8) is 0 Å². The fourth-order valence-electron chi connectivity index (χ4n) is 2.99. The van der Waals surface area contributed by atoms with Crippen molar-refractivity contribution in [3.05, 3.63) is 33.1 Å². The number of nitrogens with zero attached hydrogens (tertiary/aromatic N) is 2. The maximum Gasteiger partial charge on any atom is 0.256 e. The number of ether oxygens (including phenoxy) is 1. The molecule has 1 fully saturated rings. The van der Waals surface area contributed by atoms with E-state index in [0.29, 0.717) is 19.7 Å². The summed E-state index contributed by atoms with van der Waals surface area (Å²) in [5.74, 6) is -0.669. The third kappa shape index (κ3) is 3.97. The fraction of sp³-hybridized carbons (Fsp3) is 0.562. The second kappa shape index (κ2) is 7.70. The number of amides is 1. The van der Waals surface area contributed by atoms with Crippen molar-refractivity contribution < 1.29 is 13.9 Å². The Morgan fingerprint density at radius 3 is 2.55 bits per heavy atom. The first-order chi connectivity index (χ1) is 10.4. The minimum atomic E-state index is -0.445. The number of halogens is 2. The quantitative estimate of drug-likeness (QED) is 0.703. The average molecular weight is 420 g/mol. The van der Waals surface area contributed by atoms with Gasteiger partial charge in [-0.2, -0.15) is 0 Å². The molecule has 1 aliphatic rings. The first-order valence-corrected chi connectivity index (χ1v) is 8.51. The van der Waals surface area contributed by atoms with Gasteiger partial charge in [0.1, 0.15) is 5.82 Å². The number of benzene rings is 1. The molecule has 2 unspecified atom stereocenters. The van der Waals surface area contributed by atoms with E-state index in [2.05, 4.69) is 18.7 Å². The Balaban J connectivity index is 2.09. The van der Waals surface area contributed by atoms with Crippen molar-refractivity contribution in [2.75, 3.05) is 33.4 Å². The Labute approximate surface area is 144 Å². The van der Waals surface area contributed by atoms with Gasteiger partial charge in [0.15, 0.2) is 0 Å². The highest BCUT2D eigenvalue weighted by atomic mass is 127. The van der Waals surface area contributed by atoms with Crippen molar-refractivity contribution in [1.29, 1.82) is 0 Å². The van der Waals surface area contributed by atoms with Gasteiger partial charge in [0.2, 0.25) is 0 Å². The van der Waals surface area contributed by atoms with E-state index in [1.54, 1.807) is 24.1 Å². The normalized spacial score (nSPS) is 22.9. The van der Waals surface area contributed by atoms with E-state index in [-0.39, 0.29) is 23.6 Å². The summed E-state index contributed by atoms with van der Waals surface area (Å²) >= 11 is 2.04. The van der Waals surface area contributed by atoms with Crippen molar-refractivity contribution >= 4 is 28.5 Å². The molecule has 0 radical (unpaired) electrons.